The summed E-state index contributed by atoms with van der Waals surface area (Å²) in [5.74, 6) is 0.454. The summed E-state index contributed by atoms with van der Waals surface area (Å²) in [6.07, 6.45) is 7.20. The van der Waals surface area contributed by atoms with E-state index in [0.29, 0.717) is 5.92 Å². The molecule has 1 fully saturated rings. The second-order valence-electron chi connectivity index (χ2n) is 7.68. The Balaban J connectivity index is 1.89. The summed E-state index contributed by atoms with van der Waals surface area (Å²) in [7, 11) is 2.10. The molecule has 0 radical (unpaired) electrons. The van der Waals surface area contributed by atoms with Crippen molar-refractivity contribution in [3.8, 4) is 0 Å². The molecule has 0 spiro atoms. The highest BCUT2D eigenvalue weighted by Crippen LogP contribution is 2.23. The van der Waals surface area contributed by atoms with Gasteiger partial charge in [-0.25, -0.2) is 4.79 Å². The average Bonchev–Trinajstić information content (AvgIpc) is 2.53. The Morgan fingerprint density at radius 1 is 1.46 bits per heavy atom. The average molecular weight is 334 g/mol. The molecule has 1 aromatic rings. The molecule has 1 saturated heterocycles. The fourth-order valence-corrected chi connectivity index (χ4v) is 3.02. The van der Waals surface area contributed by atoms with Crippen LogP contribution in [0.3, 0.4) is 0 Å². The van der Waals surface area contributed by atoms with Crippen LogP contribution >= 0.6 is 0 Å². The third-order valence-corrected chi connectivity index (χ3v) is 4.39. The Morgan fingerprint density at radius 2 is 2.21 bits per heavy atom. The van der Waals surface area contributed by atoms with Crippen LogP contribution in [-0.4, -0.2) is 58.1 Å². The zero-order valence-corrected chi connectivity index (χ0v) is 15.5. The van der Waals surface area contributed by atoms with Gasteiger partial charge in [0, 0.05) is 38.2 Å². The Labute approximate surface area is 145 Å². The van der Waals surface area contributed by atoms with Gasteiger partial charge in [-0.05, 0) is 53.5 Å². The van der Waals surface area contributed by atoms with Gasteiger partial charge in [-0.15, -0.1) is 0 Å². The highest BCUT2D eigenvalue weighted by molar-refractivity contribution is 5.68. The fourth-order valence-electron chi connectivity index (χ4n) is 3.02. The van der Waals surface area contributed by atoms with Crippen molar-refractivity contribution in [2.75, 3.05) is 26.7 Å². The summed E-state index contributed by atoms with van der Waals surface area (Å²) < 4.78 is 5.50. The minimum atomic E-state index is -0.443. The second kappa shape index (κ2) is 7.92. The Kier molecular flexibility index (Phi) is 6.15. The van der Waals surface area contributed by atoms with E-state index in [9.17, 15) is 4.79 Å². The largest absolute Gasteiger partial charge is 0.444 e. The van der Waals surface area contributed by atoms with Crippen LogP contribution in [-0.2, 0) is 4.74 Å². The van der Waals surface area contributed by atoms with Gasteiger partial charge in [0.05, 0.1) is 11.7 Å². The monoisotopic (exact) mass is 334 g/mol. The van der Waals surface area contributed by atoms with Crippen LogP contribution in [0.4, 0.5) is 4.79 Å². The molecule has 0 N–H and O–H groups in total. The first-order chi connectivity index (χ1) is 11.3. The van der Waals surface area contributed by atoms with Crippen molar-refractivity contribution < 1.29 is 9.53 Å². The third-order valence-electron chi connectivity index (χ3n) is 4.39. The summed E-state index contributed by atoms with van der Waals surface area (Å²) in [6.45, 7) is 10.3. The Hall–Kier alpha value is -1.69. The van der Waals surface area contributed by atoms with Gasteiger partial charge in [-0.2, -0.15) is 0 Å². The smallest absolute Gasteiger partial charge is 0.410 e. The molecule has 0 saturated carbocycles. The molecule has 0 aliphatic carbocycles. The number of piperidine rings is 1. The number of likely N-dealkylation sites (tertiary alicyclic amines) is 1. The van der Waals surface area contributed by atoms with Gasteiger partial charge in [0.1, 0.15) is 5.60 Å². The van der Waals surface area contributed by atoms with Gasteiger partial charge in [-0.1, -0.05) is 0 Å². The minimum absolute atomic E-state index is 0.197. The molecule has 1 aromatic heterocycles. The molecule has 0 unspecified atom stereocenters. The Bertz CT molecular complexity index is 530. The molecule has 2 atom stereocenters. The highest BCUT2D eigenvalue weighted by Gasteiger charge is 2.29. The van der Waals surface area contributed by atoms with Crippen molar-refractivity contribution in [2.24, 2.45) is 5.92 Å². The van der Waals surface area contributed by atoms with Gasteiger partial charge in [-0.3, -0.25) is 14.9 Å². The maximum atomic E-state index is 12.3. The van der Waals surface area contributed by atoms with Crippen LogP contribution in [0.5, 0.6) is 0 Å². The van der Waals surface area contributed by atoms with Crippen molar-refractivity contribution in [3.63, 3.8) is 0 Å². The topological polar surface area (TPSA) is 58.6 Å². The summed E-state index contributed by atoms with van der Waals surface area (Å²) in [4.78, 5) is 24.9. The summed E-state index contributed by atoms with van der Waals surface area (Å²) in [6, 6.07) is 0.204. The van der Waals surface area contributed by atoms with E-state index in [0.717, 1.165) is 38.2 Å². The SMILES string of the molecule is C[C@H](c1cnccn1)N(C)C[C@H]1CCCN(C(=O)OC(C)(C)C)C1. The minimum Gasteiger partial charge on any atom is -0.444 e. The van der Waals surface area contributed by atoms with Crippen LogP contribution in [0.1, 0.15) is 52.3 Å². The van der Waals surface area contributed by atoms with E-state index in [4.69, 9.17) is 4.74 Å². The van der Waals surface area contributed by atoms with Crippen molar-refractivity contribution in [2.45, 2.75) is 52.2 Å². The van der Waals surface area contributed by atoms with Gasteiger partial charge < -0.3 is 9.64 Å². The fraction of sp³-hybridized carbons (Fsp3) is 0.722. The second-order valence-corrected chi connectivity index (χ2v) is 7.68. The van der Waals surface area contributed by atoms with Crippen molar-refractivity contribution in [1.29, 1.82) is 0 Å². The first kappa shape index (κ1) is 18.6. The number of aromatic nitrogens is 2. The van der Waals surface area contributed by atoms with Gasteiger partial charge in [0.15, 0.2) is 0 Å². The quantitative estimate of drug-likeness (QED) is 0.847. The first-order valence-electron chi connectivity index (χ1n) is 8.70. The van der Waals surface area contributed by atoms with Crippen LogP contribution < -0.4 is 0 Å². The van der Waals surface area contributed by atoms with E-state index in [-0.39, 0.29) is 12.1 Å². The van der Waals surface area contributed by atoms with Crippen molar-refractivity contribution in [1.82, 2.24) is 19.8 Å². The maximum absolute atomic E-state index is 12.3. The van der Waals surface area contributed by atoms with Crippen molar-refractivity contribution in [3.05, 3.63) is 24.3 Å². The van der Waals surface area contributed by atoms with Gasteiger partial charge >= 0.3 is 6.09 Å². The summed E-state index contributed by atoms with van der Waals surface area (Å²) in [5.41, 5.74) is 0.529. The highest BCUT2D eigenvalue weighted by atomic mass is 16.6. The van der Waals surface area contributed by atoms with E-state index in [1.807, 2.05) is 31.9 Å². The number of nitrogens with zero attached hydrogens (tertiary/aromatic N) is 4. The number of ether oxygens (including phenoxy) is 1. The van der Waals surface area contributed by atoms with Crippen LogP contribution in [0.2, 0.25) is 0 Å². The lowest BCUT2D eigenvalue weighted by atomic mass is 9.97. The molecule has 2 rings (SSSR count). The maximum Gasteiger partial charge on any atom is 0.410 e. The number of amides is 1. The lowest BCUT2D eigenvalue weighted by Crippen LogP contribution is -2.45. The van der Waals surface area contributed by atoms with E-state index in [1.54, 1.807) is 12.4 Å². The molecule has 0 bridgehead atoms. The number of rotatable bonds is 4. The standard InChI is InChI=1S/C18H30N4O2/c1-14(16-11-19-8-9-20-16)21(5)12-15-7-6-10-22(13-15)17(23)24-18(2,3)4/h8-9,11,14-15H,6-7,10,12-13H2,1-5H3/t14-,15-/m1/s1. The molecule has 2 heterocycles. The lowest BCUT2D eigenvalue weighted by molar-refractivity contribution is 0.0142. The molecule has 1 amide bonds. The summed E-state index contributed by atoms with van der Waals surface area (Å²) in [5, 5.41) is 0. The first-order valence-corrected chi connectivity index (χ1v) is 8.70. The van der Waals surface area contributed by atoms with Crippen LogP contribution in [0.15, 0.2) is 18.6 Å². The van der Waals surface area contributed by atoms with E-state index < -0.39 is 5.60 Å². The third kappa shape index (κ3) is 5.44. The van der Waals surface area contributed by atoms with Crippen molar-refractivity contribution >= 4 is 6.09 Å². The number of carbonyl (C=O) groups is 1. The molecule has 1 aliphatic heterocycles. The summed E-state index contributed by atoms with van der Waals surface area (Å²) >= 11 is 0. The predicted octanol–water partition coefficient (Wildman–Crippen LogP) is 3.12. The molecule has 1 aliphatic rings. The molecular weight excluding hydrogens is 304 g/mol. The molecule has 6 heteroatoms. The predicted molar refractivity (Wildman–Crippen MR) is 93.6 cm³/mol. The van der Waals surface area contributed by atoms with Gasteiger partial charge in [0.25, 0.3) is 0 Å². The number of hydrogen-bond donors (Lipinski definition) is 0. The van der Waals surface area contributed by atoms with E-state index >= 15 is 0 Å². The number of hydrogen-bond acceptors (Lipinski definition) is 5. The molecule has 24 heavy (non-hydrogen) atoms. The van der Waals surface area contributed by atoms with E-state index in [1.165, 1.54) is 0 Å². The lowest BCUT2D eigenvalue weighted by Gasteiger charge is -2.36. The molecular formula is C18H30N4O2. The molecule has 0 aromatic carbocycles. The zero-order chi connectivity index (χ0) is 17.7. The normalized spacial score (nSPS) is 20.1. The van der Waals surface area contributed by atoms with Gasteiger partial charge in [0.2, 0.25) is 0 Å². The van der Waals surface area contributed by atoms with Crippen LogP contribution in [0, 0.1) is 5.92 Å². The van der Waals surface area contributed by atoms with Crippen LogP contribution in [0.25, 0.3) is 0 Å². The Morgan fingerprint density at radius 3 is 2.83 bits per heavy atom. The number of carbonyl (C=O) groups excluding carboxylic acids is 1. The van der Waals surface area contributed by atoms with E-state index in [2.05, 4.69) is 28.8 Å². The zero-order valence-electron chi connectivity index (χ0n) is 15.5. The molecule has 6 nitrogen and oxygen atoms in total. The molecule has 134 valence electrons.